The molecule has 3 aromatic carbocycles. The van der Waals surface area contributed by atoms with Crippen molar-refractivity contribution in [2.45, 2.75) is 15.5 Å². The molecule has 0 radical (unpaired) electrons. The lowest BCUT2D eigenvalue weighted by Gasteiger charge is -2.19. The molecule has 0 fully saturated rings. The topological polar surface area (TPSA) is 89.5 Å². The lowest BCUT2D eigenvalue weighted by Crippen LogP contribution is -2.17. The second-order valence-corrected chi connectivity index (χ2v) is 12.1. The van der Waals surface area contributed by atoms with Gasteiger partial charge in [0.1, 0.15) is 0 Å². The first-order valence-corrected chi connectivity index (χ1v) is 13.9. The molecule has 0 saturated heterocycles. The van der Waals surface area contributed by atoms with Crippen molar-refractivity contribution >= 4 is 77.1 Å². The molecule has 1 heterocycles. The molecule has 0 unspecified atom stereocenters. The van der Waals surface area contributed by atoms with Crippen LogP contribution in [0.25, 0.3) is 6.08 Å². The third-order valence-corrected chi connectivity index (χ3v) is 9.24. The monoisotopic (exact) mass is 621 g/mol. The minimum Gasteiger partial charge on any atom is -0.465 e. The number of rotatable bonds is 5. The molecular weight excluding hydrogens is 606 g/mol. The summed E-state index contributed by atoms with van der Waals surface area (Å²) in [5.74, 6) is -0.913. The summed E-state index contributed by atoms with van der Waals surface area (Å²) in [5.41, 5.74) is 2.31. The number of methoxy groups -OCH3 is 1. The zero-order chi connectivity index (χ0) is 24.5. The highest BCUT2D eigenvalue weighted by Gasteiger charge is 2.25. The number of fused-ring (bicyclic) bond motifs is 1. The lowest BCUT2D eigenvalue weighted by molar-refractivity contribution is -0.112. The van der Waals surface area contributed by atoms with Crippen LogP contribution in [0.15, 0.2) is 84.3 Å². The number of nitrogens with one attached hydrogen (secondary N) is 1. The van der Waals surface area contributed by atoms with E-state index in [-0.39, 0.29) is 16.6 Å². The van der Waals surface area contributed by atoms with Crippen molar-refractivity contribution in [2.75, 3.05) is 12.4 Å². The standard InChI is InChI=1S/C24H17Br2NO5S2/c1-32-24(29)15-7-5-14(6-8-15)11-22-23(28)27-20-10-9-16(12-21(20)33-22)34(30,31)13-17-18(25)3-2-4-19(17)26/h2-12H,13H2,1H3,(H,27,28). The van der Waals surface area contributed by atoms with E-state index in [0.717, 1.165) is 5.56 Å². The largest absolute Gasteiger partial charge is 0.465 e. The second-order valence-electron chi connectivity index (χ2n) is 7.30. The molecule has 3 aromatic rings. The fourth-order valence-corrected chi connectivity index (χ4v) is 7.40. The van der Waals surface area contributed by atoms with Gasteiger partial charge in [-0.25, -0.2) is 13.2 Å². The van der Waals surface area contributed by atoms with Crippen LogP contribution in [0.2, 0.25) is 0 Å². The summed E-state index contributed by atoms with van der Waals surface area (Å²) in [6.07, 6.45) is 1.68. The summed E-state index contributed by atoms with van der Waals surface area (Å²) >= 11 is 8.02. The zero-order valence-corrected chi connectivity index (χ0v) is 22.5. The highest BCUT2D eigenvalue weighted by Crippen LogP contribution is 2.40. The number of thioether (sulfide) groups is 1. The van der Waals surface area contributed by atoms with Gasteiger partial charge in [-0.05, 0) is 59.7 Å². The van der Waals surface area contributed by atoms with E-state index in [1.807, 2.05) is 6.07 Å². The molecule has 1 aliphatic rings. The van der Waals surface area contributed by atoms with Crippen molar-refractivity contribution in [1.29, 1.82) is 0 Å². The van der Waals surface area contributed by atoms with E-state index < -0.39 is 15.8 Å². The smallest absolute Gasteiger partial charge is 0.337 e. The van der Waals surface area contributed by atoms with Crippen LogP contribution in [-0.4, -0.2) is 27.4 Å². The molecule has 1 aliphatic heterocycles. The van der Waals surface area contributed by atoms with Crippen molar-refractivity contribution in [2.24, 2.45) is 0 Å². The number of hydrogen-bond donors (Lipinski definition) is 1. The SMILES string of the molecule is COC(=O)c1ccc(C=C2Sc3cc(S(=O)(=O)Cc4c(Br)cccc4Br)ccc3NC2=O)cc1. The van der Waals surface area contributed by atoms with E-state index in [2.05, 4.69) is 37.2 Å². The maximum atomic E-state index is 13.1. The van der Waals surface area contributed by atoms with Gasteiger partial charge < -0.3 is 10.1 Å². The minimum absolute atomic E-state index is 0.166. The number of ether oxygens (including phenoxy) is 1. The van der Waals surface area contributed by atoms with E-state index in [9.17, 15) is 18.0 Å². The predicted octanol–water partition coefficient (Wildman–Crippen LogP) is 6.06. The second kappa shape index (κ2) is 10.1. The lowest BCUT2D eigenvalue weighted by atomic mass is 10.1. The third-order valence-electron chi connectivity index (χ3n) is 5.03. The first-order valence-electron chi connectivity index (χ1n) is 9.87. The first-order chi connectivity index (χ1) is 16.2. The minimum atomic E-state index is -3.65. The van der Waals surface area contributed by atoms with Crippen LogP contribution in [-0.2, 0) is 25.1 Å². The Morgan fingerprint density at radius 3 is 2.38 bits per heavy atom. The van der Waals surface area contributed by atoms with Crippen molar-refractivity contribution < 1.29 is 22.7 Å². The number of carbonyl (C=O) groups is 2. The molecule has 1 amide bonds. The Balaban J connectivity index is 1.62. The van der Waals surface area contributed by atoms with Crippen molar-refractivity contribution in [3.63, 3.8) is 0 Å². The molecule has 0 atom stereocenters. The maximum Gasteiger partial charge on any atom is 0.337 e. The molecule has 0 aromatic heterocycles. The van der Waals surface area contributed by atoms with Crippen molar-refractivity contribution in [1.82, 2.24) is 0 Å². The van der Waals surface area contributed by atoms with E-state index in [4.69, 9.17) is 4.74 Å². The fourth-order valence-electron chi connectivity index (χ4n) is 3.26. The molecule has 4 rings (SSSR count). The average Bonchev–Trinajstić information content (AvgIpc) is 2.81. The molecule has 174 valence electrons. The molecule has 0 aliphatic carbocycles. The number of halogens is 2. The number of esters is 1. The Bertz CT molecular complexity index is 1410. The quantitative estimate of drug-likeness (QED) is 0.275. The number of benzene rings is 3. The highest BCUT2D eigenvalue weighted by atomic mass is 79.9. The summed E-state index contributed by atoms with van der Waals surface area (Å²) in [6, 6.07) is 16.7. The molecule has 34 heavy (non-hydrogen) atoms. The number of sulfone groups is 1. The fraction of sp³-hybridized carbons (Fsp3) is 0.0833. The van der Waals surface area contributed by atoms with Gasteiger partial charge in [0.2, 0.25) is 0 Å². The van der Waals surface area contributed by atoms with Gasteiger partial charge in [-0.3, -0.25) is 4.79 Å². The highest BCUT2D eigenvalue weighted by molar-refractivity contribution is 9.11. The average molecular weight is 623 g/mol. The molecule has 0 spiro atoms. The van der Waals surface area contributed by atoms with Gasteiger partial charge in [-0.1, -0.05) is 61.8 Å². The van der Waals surface area contributed by atoms with Crippen LogP contribution in [0, 0.1) is 0 Å². The van der Waals surface area contributed by atoms with Crippen molar-refractivity contribution in [3.8, 4) is 0 Å². The molecule has 6 nitrogen and oxygen atoms in total. The summed E-state index contributed by atoms with van der Waals surface area (Å²) in [4.78, 5) is 25.4. The Hall–Kier alpha value is -2.40. The Labute approximate surface area is 218 Å². The van der Waals surface area contributed by atoms with Crippen LogP contribution in [0.3, 0.4) is 0 Å². The molecule has 0 bridgehead atoms. The van der Waals surface area contributed by atoms with Gasteiger partial charge in [-0.15, -0.1) is 0 Å². The molecule has 0 saturated carbocycles. The van der Waals surface area contributed by atoms with Crippen LogP contribution in [0.4, 0.5) is 5.69 Å². The van der Waals surface area contributed by atoms with Gasteiger partial charge in [0.15, 0.2) is 9.84 Å². The number of carbonyl (C=O) groups excluding carboxylic acids is 2. The maximum absolute atomic E-state index is 13.1. The van der Waals surface area contributed by atoms with Crippen LogP contribution in [0.1, 0.15) is 21.5 Å². The summed E-state index contributed by atoms with van der Waals surface area (Å²) in [7, 11) is -2.34. The molecule has 1 N–H and O–H groups in total. The summed E-state index contributed by atoms with van der Waals surface area (Å²) in [5, 5.41) is 2.80. The van der Waals surface area contributed by atoms with Crippen molar-refractivity contribution in [3.05, 3.63) is 91.2 Å². The Morgan fingerprint density at radius 1 is 1.06 bits per heavy atom. The third kappa shape index (κ3) is 5.30. The van der Waals surface area contributed by atoms with Gasteiger partial charge in [0.25, 0.3) is 5.91 Å². The first kappa shape index (κ1) is 24.7. The summed E-state index contributed by atoms with van der Waals surface area (Å²) < 4.78 is 32.4. The van der Waals surface area contributed by atoms with Crippen LogP contribution in [0.5, 0.6) is 0 Å². The normalized spacial score (nSPS) is 14.4. The van der Waals surface area contributed by atoms with E-state index >= 15 is 0 Å². The predicted molar refractivity (Wildman–Crippen MR) is 139 cm³/mol. The van der Waals surface area contributed by atoms with Crippen LogP contribution >= 0.6 is 43.6 Å². The van der Waals surface area contributed by atoms with Gasteiger partial charge in [0.05, 0.1) is 33.9 Å². The van der Waals surface area contributed by atoms with E-state index in [1.54, 1.807) is 54.6 Å². The number of amides is 1. The molecular formula is C24H17Br2NO5S2. The Morgan fingerprint density at radius 2 is 1.74 bits per heavy atom. The van der Waals surface area contributed by atoms with E-state index in [1.165, 1.54) is 24.9 Å². The molecule has 10 heteroatoms. The zero-order valence-electron chi connectivity index (χ0n) is 17.7. The number of hydrogen-bond acceptors (Lipinski definition) is 6. The number of anilines is 1. The van der Waals surface area contributed by atoms with Crippen LogP contribution < -0.4 is 5.32 Å². The van der Waals surface area contributed by atoms with E-state index in [0.29, 0.717) is 35.6 Å². The Kier molecular flexibility index (Phi) is 7.32. The van der Waals surface area contributed by atoms with Gasteiger partial charge in [0, 0.05) is 13.8 Å². The summed E-state index contributed by atoms with van der Waals surface area (Å²) in [6.45, 7) is 0. The van der Waals surface area contributed by atoms with Gasteiger partial charge >= 0.3 is 5.97 Å². The van der Waals surface area contributed by atoms with Gasteiger partial charge in [-0.2, -0.15) is 0 Å².